The second kappa shape index (κ2) is 7.87. The van der Waals surface area contributed by atoms with Gasteiger partial charge < -0.3 is 4.74 Å². The number of ether oxygens (including phenoxy) is 1. The maximum Gasteiger partial charge on any atom is 0.423 e. The average molecular weight is 308 g/mol. The molecule has 8 nitrogen and oxygen atoms in total. The summed E-state index contributed by atoms with van der Waals surface area (Å²) in [7, 11) is 1.10. The highest BCUT2D eigenvalue weighted by Gasteiger charge is 2.30. The Balaban J connectivity index is 0.000000220. The normalized spacial score (nSPS) is 16.3. The number of unbranched alkanes of at least 4 members (excludes halogenated alkanes) is 1. The van der Waals surface area contributed by atoms with Crippen LogP contribution < -0.4 is 0 Å². The van der Waals surface area contributed by atoms with Gasteiger partial charge in [0.05, 0.1) is 7.11 Å². The van der Waals surface area contributed by atoms with Gasteiger partial charge in [0, 0.05) is 30.8 Å². The second-order valence-electron chi connectivity index (χ2n) is 4.33. The number of imide groups is 4. The minimum Gasteiger partial charge on any atom is -0.452 e. The molecule has 0 aromatic heterocycles. The Kier molecular flexibility index (Phi) is 6.18. The molecule has 0 aromatic rings. The fourth-order valence-corrected chi connectivity index (χ4v) is 1.64. The molecular weight excluding hydrogens is 292 g/mol. The molecule has 2 aliphatic heterocycles. The molecule has 0 spiro atoms. The Bertz CT molecular complexity index is 528. The molecule has 5 amide bonds. The van der Waals surface area contributed by atoms with Crippen LogP contribution in [-0.2, 0) is 23.9 Å². The Morgan fingerprint density at radius 2 is 1.41 bits per heavy atom. The molecule has 0 fully saturated rings. The van der Waals surface area contributed by atoms with Crippen molar-refractivity contribution in [1.82, 2.24) is 9.80 Å². The highest BCUT2D eigenvalue weighted by Crippen LogP contribution is 2.05. The van der Waals surface area contributed by atoms with Crippen molar-refractivity contribution < 1.29 is 28.7 Å². The first kappa shape index (κ1) is 17.3. The third-order valence-corrected chi connectivity index (χ3v) is 2.80. The van der Waals surface area contributed by atoms with Crippen LogP contribution in [0.15, 0.2) is 24.3 Å². The van der Waals surface area contributed by atoms with Gasteiger partial charge in [0.25, 0.3) is 23.6 Å². The van der Waals surface area contributed by atoms with Crippen LogP contribution in [-0.4, -0.2) is 53.2 Å². The fourth-order valence-electron chi connectivity index (χ4n) is 1.64. The molecule has 22 heavy (non-hydrogen) atoms. The zero-order valence-electron chi connectivity index (χ0n) is 12.3. The van der Waals surface area contributed by atoms with Crippen LogP contribution in [0.3, 0.4) is 0 Å². The first-order valence-electron chi connectivity index (χ1n) is 6.60. The van der Waals surface area contributed by atoms with E-state index < -0.39 is 17.9 Å². The maximum absolute atomic E-state index is 10.9. The standard InChI is InChI=1S/C8H11NO2.C6H5NO4/c1-2-3-6-9-7(10)4-5-8(9)11;1-11-6(10)7-4(8)2-3-5(7)9/h4-5H,2-3,6H2,1H3;2-3H,1H3. The summed E-state index contributed by atoms with van der Waals surface area (Å²) in [6.45, 7) is 2.58. The van der Waals surface area contributed by atoms with E-state index in [-0.39, 0.29) is 11.8 Å². The molecule has 118 valence electrons. The molecule has 0 aliphatic carbocycles. The lowest BCUT2D eigenvalue weighted by atomic mass is 10.3. The van der Waals surface area contributed by atoms with E-state index in [0.29, 0.717) is 11.4 Å². The van der Waals surface area contributed by atoms with Crippen molar-refractivity contribution in [1.29, 1.82) is 0 Å². The first-order chi connectivity index (χ1) is 10.4. The molecule has 0 bridgehead atoms. The molecular formula is C14H16N2O6. The zero-order valence-corrected chi connectivity index (χ0v) is 12.3. The van der Waals surface area contributed by atoms with Gasteiger partial charge in [-0.05, 0) is 6.42 Å². The van der Waals surface area contributed by atoms with Gasteiger partial charge in [-0.15, -0.1) is 0 Å². The SMILES string of the molecule is CCCCN1C(=O)C=CC1=O.COC(=O)N1C(=O)C=CC1=O. The zero-order chi connectivity index (χ0) is 16.7. The number of hydrogen-bond donors (Lipinski definition) is 0. The van der Waals surface area contributed by atoms with Gasteiger partial charge in [-0.3, -0.25) is 24.1 Å². The Morgan fingerprint density at radius 3 is 1.82 bits per heavy atom. The smallest absolute Gasteiger partial charge is 0.423 e. The summed E-state index contributed by atoms with van der Waals surface area (Å²) in [4.78, 5) is 55.6. The highest BCUT2D eigenvalue weighted by atomic mass is 16.5. The van der Waals surface area contributed by atoms with Crippen LogP contribution >= 0.6 is 0 Å². The van der Waals surface area contributed by atoms with E-state index in [2.05, 4.69) is 4.74 Å². The minimum atomic E-state index is -0.954. The van der Waals surface area contributed by atoms with Gasteiger partial charge >= 0.3 is 6.09 Å². The lowest BCUT2D eigenvalue weighted by Crippen LogP contribution is -2.35. The molecule has 8 heteroatoms. The summed E-state index contributed by atoms with van der Waals surface area (Å²) in [6, 6.07) is 0. The number of rotatable bonds is 3. The number of methoxy groups -OCH3 is 1. The number of amides is 5. The predicted octanol–water partition coefficient (Wildman–Crippen LogP) is 0.389. The lowest BCUT2D eigenvalue weighted by Gasteiger charge is -2.11. The van der Waals surface area contributed by atoms with Crippen LogP contribution in [0.4, 0.5) is 4.79 Å². The van der Waals surface area contributed by atoms with E-state index in [9.17, 15) is 24.0 Å². The van der Waals surface area contributed by atoms with Gasteiger partial charge in [-0.2, -0.15) is 4.90 Å². The van der Waals surface area contributed by atoms with Gasteiger partial charge in [0.2, 0.25) is 0 Å². The van der Waals surface area contributed by atoms with E-state index in [4.69, 9.17) is 0 Å². The summed E-state index contributed by atoms with van der Waals surface area (Å²) in [5.74, 6) is -1.68. The van der Waals surface area contributed by atoms with Gasteiger partial charge in [-0.25, -0.2) is 4.79 Å². The van der Waals surface area contributed by atoms with E-state index in [0.717, 1.165) is 32.1 Å². The summed E-state index contributed by atoms with van der Waals surface area (Å²) in [5, 5.41) is 0. The van der Waals surface area contributed by atoms with Gasteiger partial charge in [0.15, 0.2) is 0 Å². The number of hydrogen-bond acceptors (Lipinski definition) is 6. The molecule has 0 aromatic carbocycles. The third kappa shape index (κ3) is 4.11. The second-order valence-corrected chi connectivity index (χ2v) is 4.33. The average Bonchev–Trinajstić information content (AvgIpc) is 3.00. The summed E-state index contributed by atoms with van der Waals surface area (Å²) in [5.41, 5.74) is 0. The predicted molar refractivity (Wildman–Crippen MR) is 74.2 cm³/mol. The van der Waals surface area contributed by atoms with Crippen molar-refractivity contribution >= 4 is 29.7 Å². The quantitative estimate of drug-likeness (QED) is 0.699. The molecule has 0 atom stereocenters. The summed E-state index contributed by atoms with van der Waals surface area (Å²) < 4.78 is 4.18. The van der Waals surface area contributed by atoms with Crippen LogP contribution in [0.25, 0.3) is 0 Å². The Labute approximate surface area is 127 Å². The topological polar surface area (TPSA) is 101 Å². The van der Waals surface area contributed by atoms with Gasteiger partial charge in [0.1, 0.15) is 0 Å². The molecule has 0 radical (unpaired) electrons. The van der Waals surface area contributed by atoms with E-state index in [1.54, 1.807) is 0 Å². The Hall–Kier alpha value is -2.77. The lowest BCUT2D eigenvalue weighted by molar-refractivity contribution is -0.137. The van der Waals surface area contributed by atoms with E-state index in [1.165, 1.54) is 17.1 Å². The van der Waals surface area contributed by atoms with Crippen molar-refractivity contribution in [2.75, 3.05) is 13.7 Å². The first-order valence-corrected chi connectivity index (χ1v) is 6.60. The summed E-state index contributed by atoms with van der Waals surface area (Å²) in [6.07, 6.45) is 5.59. The van der Waals surface area contributed by atoms with Crippen molar-refractivity contribution in [2.24, 2.45) is 0 Å². The number of carbonyl (C=O) groups excluding carboxylic acids is 5. The van der Waals surface area contributed by atoms with Crippen molar-refractivity contribution in [3.05, 3.63) is 24.3 Å². The highest BCUT2D eigenvalue weighted by molar-refractivity contribution is 6.21. The maximum atomic E-state index is 10.9. The fraction of sp³-hybridized carbons (Fsp3) is 0.357. The number of carbonyl (C=O) groups is 5. The van der Waals surface area contributed by atoms with E-state index >= 15 is 0 Å². The number of nitrogens with zero attached hydrogens (tertiary/aromatic N) is 2. The molecule has 0 N–H and O–H groups in total. The molecule has 2 rings (SSSR count). The summed E-state index contributed by atoms with van der Waals surface area (Å²) >= 11 is 0. The van der Waals surface area contributed by atoms with E-state index in [1.807, 2.05) is 6.92 Å². The van der Waals surface area contributed by atoms with Crippen LogP contribution in [0.1, 0.15) is 19.8 Å². The van der Waals surface area contributed by atoms with Crippen molar-refractivity contribution in [2.45, 2.75) is 19.8 Å². The monoisotopic (exact) mass is 308 g/mol. The van der Waals surface area contributed by atoms with Crippen LogP contribution in [0.2, 0.25) is 0 Å². The minimum absolute atomic E-state index is 0.177. The van der Waals surface area contributed by atoms with Gasteiger partial charge in [-0.1, -0.05) is 13.3 Å². The van der Waals surface area contributed by atoms with Crippen LogP contribution in [0.5, 0.6) is 0 Å². The third-order valence-electron chi connectivity index (χ3n) is 2.80. The van der Waals surface area contributed by atoms with Crippen molar-refractivity contribution in [3.8, 4) is 0 Å². The van der Waals surface area contributed by atoms with Crippen LogP contribution in [0, 0.1) is 0 Å². The Morgan fingerprint density at radius 1 is 0.955 bits per heavy atom. The van der Waals surface area contributed by atoms with Crippen molar-refractivity contribution in [3.63, 3.8) is 0 Å². The largest absolute Gasteiger partial charge is 0.452 e. The molecule has 0 unspecified atom stereocenters. The molecule has 0 saturated heterocycles. The molecule has 2 aliphatic rings. The molecule has 2 heterocycles. The molecule has 0 saturated carbocycles.